The van der Waals surface area contributed by atoms with Crippen molar-refractivity contribution in [1.82, 2.24) is 4.98 Å². The zero-order chi connectivity index (χ0) is 11.8. The molecular formula is C12H27NO2Si. The van der Waals surface area contributed by atoms with Crippen LogP contribution in [0.1, 0.15) is 46.0 Å². The van der Waals surface area contributed by atoms with E-state index < -0.39 is 8.96 Å². The lowest BCUT2D eigenvalue weighted by Crippen LogP contribution is -2.50. The standard InChI is InChI=1S/C12H27NO2Si/c1-4-14-12(15-5-2)16(3)13-11-9-7-6-8-10-11/h11-13,16H,4-10H2,1-3H3. The largest absolute Gasteiger partial charge is 0.355 e. The average molecular weight is 245 g/mol. The summed E-state index contributed by atoms with van der Waals surface area (Å²) in [6, 6.07) is 0.721. The summed E-state index contributed by atoms with van der Waals surface area (Å²) < 4.78 is 11.3. The van der Waals surface area contributed by atoms with Gasteiger partial charge in [-0.1, -0.05) is 25.8 Å². The van der Waals surface area contributed by atoms with Crippen LogP contribution in [0.2, 0.25) is 6.55 Å². The minimum absolute atomic E-state index is 0.0388. The predicted molar refractivity (Wildman–Crippen MR) is 70.1 cm³/mol. The second-order valence-electron chi connectivity index (χ2n) is 4.57. The molecule has 4 heteroatoms. The Morgan fingerprint density at radius 1 is 1.12 bits per heavy atom. The highest BCUT2D eigenvalue weighted by Gasteiger charge is 2.23. The third kappa shape index (κ3) is 4.95. The predicted octanol–water partition coefficient (Wildman–Crippen LogP) is 2.20. The summed E-state index contributed by atoms with van der Waals surface area (Å²) in [6.45, 7) is 7.86. The van der Waals surface area contributed by atoms with Crippen LogP contribution in [-0.4, -0.2) is 34.1 Å². The van der Waals surface area contributed by atoms with Crippen LogP contribution in [-0.2, 0) is 9.47 Å². The molecule has 1 rings (SSSR count). The molecule has 96 valence electrons. The molecule has 1 N–H and O–H groups in total. The van der Waals surface area contributed by atoms with Crippen molar-refractivity contribution in [3.8, 4) is 0 Å². The molecular weight excluding hydrogens is 218 g/mol. The summed E-state index contributed by atoms with van der Waals surface area (Å²) in [4.78, 5) is 3.78. The molecule has 0 bridgehead atoms. The zero-order valence-electron chi connectivity index (χ0n) is 11.0. The smallest absolute Gasteiger partial charge is 0.172 e. The summed E-state index contributed by atoms with van der Waals surface area (Å²) in [6.07, 6.45) is 6.85. The molecule has 0 radical (unpaired) electrons. The topological polar surface area (TPSA) is 30.5 Å². The molecule has 0 aromatic heterocycles. The average Bonchev–Trinajstić information content (AvgIpc) is 2.30. The van der Waals surface area contributed by atoms with E-state index in [9.17, 15) is 0 Å². The fourth-order valence-electron chi connectivity index (χ4n) is 2.38. The van der Waals surface area contributed by atoms with Crippen molar-refractivity contribution in [2.75, 3.05) is 13.2 Å². The molecule has 16 heavy (non-hydrogen) atoms. The molecule has 0 saturated heterocycles. The van der Waals surface area contributed by atoms with Gasteiger partial charge in [-0.2, -0.15) is 0 Å². The molecule has 0 amide bonds. The van der Waals surface area contributed by atoms with E-state index in [0.717, 1.165) is 19.3 Å². The van der Waals surface area contributed by atoms with Crippen molar-refractivity contribution in [3.05, 3.63) is 0 Å². The van der Waals surface area contributed by atoms with Gasteiger partial charge in [-0.25, -0.2) is 0 Å². The first kappa shape index (κ1) is 14.2. The van der Waals surface area contributed by atoms with Gasteiger partial charge >= 0.3 is 0 Å². The lowest BCUT2D eigenvalue weighted by atomic mass is 9.96. The summed E-state index contributed by atoms with van der Waals surface area (Å²) in [5.74, 6) is 0.0388. The summed E-state index contributed by atoms with van der Waals surface area (Å²) in [7, 11) is -1.12. The van der Waals surface area contributed by atoms with Crippen LogP contribution in [0.15, 0.2) is 0 Å². The Labute approximate surface area is 102 Å². The van der Waals surface area contributed by atoms with Crippen LogP contribution in [0.3, 0.4) is 0 Å². The van der Waals surface area contributed by atoms with Gasteiger partial charge in [0.1, 0.15) is 0 Å². The van der Waals surface area contributed by atoms with E-state index in [4.69, 9.17) is 9.47 Å². The number of rotatable bonds is 7. The SMILES string of the molecule is CCOC(OCC)[SiH](C)NC1CCCCC1. The maximum absolute atomic E-state index is 5.66. The third-order valence-electron chi connectivity index (χ3n) is 3.17. The van der Waals surface area contributed by atoms with Crippen LogP contribution in [0.25, 0.3) is 0 Å². The van der Waals surface area contributed by atoms with Crippen LogP contribution < -0.4 is 4.98 Å². The van der Waals surface area contributed by atoms with E-state index in [0.29, 0.717) is 0 Å². The van der Waals surface area contributed by atoms with Crippen molar-refractivity contribution in [3.63, 3.8) is 0 Å². The first-order chi connectivity index (χ1) is 7.77. The molecule has 0 aromatic carbocycles. The first-order valence-corrected chi connectivity index (χ1v) is 9.17. The van der Waals surface area contributed by atoms with Crippen molar-refractivity contribution in [1.29, 1.82) is 0 Å². The maximum atomic E-state index is 5.66. The molecule has 0 spiro atoms. The van der Waals surface area contributed by atoms with Gasteiger partial charge in [0.2, 0.25) is 0 Å². The van der Waals surface area contributed by atoms with Gasteiger partial charge in [0.05, 0.1) is 0 Å². The highest BCUT2D eigenvalue weighted by Crippen LogP contribution is 2.18. The zero-order valence-corrected chi connectivity index (χ0v) is 12.2. The summed E-state index contributed by atoms with van der Waals surface area (Å²) in [5, 5.41) is 0. The lowest BCUT2D eigenvalue weighted by molar-refractivity contribution is -0.0865. The molecule has 1 atom stereocenters. The van der Waals surface area contributed by atoms with Gasteiger partial charge in [0.15, 0.2) is 14.9 Å². The summed E-state index contributed by atoms with van der Waals surface area (Å²) >= 11 is 0. The van der Waals surface area contributed by atoms with Crippen molar-refractivity contribution in [2.45, 2.75) is 64.5 Å². The fourth-order valence-corrected chi connectivity index (χ4v) is 4.58. The Hall–Kier alpha value is 0.0969. The molecule has 0 aliphatic heterocycles. The second kappa shape index (κ2) is 8.23. The molecule has 1 aliphatic carbocycles. The molecule has 1 fully saturated rings. The number of hydrogen-bond donors (Lipinski definition) is 1. The number of nitrogens with one attached hydrogen (secondary N) is 1. The second-order valence-corrected chi connectivity index (χ2v) is 7.02. The third-order valence-corrected chi connectivity index (χ3v) is 5.37. The van der Waals surface area contributed by atoms with Crippen molar-refractivity contribution < 1.29 is 9.47 Å². The van der Waals surface area contributed by atoms with Gasteiger partial charge in [0.25, 0.3) is 0 Å². The van der Waals surface area contributed by atoms with Gasteiger partial charge in [-0.05, 0) is 26.7 Å². The lowest BCUT2D eigenvalue weighted by Gasteiger charge is -2.30. The Morgan fingerprint density at radius 2 is 1.69 bits per heavy atom. The quantitative estimate of drug-likeness (QED) is 0.551. The van der Waals surface area contributed by atoms with Gasteiger partial charge in [-0.3, -0.25) is 0 Å². The highest BCUT2D eigenvalue weighted by molar-refractivity contribution is 6.55. The molecule has 0 heterocycles. The number of ether oxygens (including phenoxy) is 2. The van der Waals surface area contributed by atoms with Crippen LogP contribution in [0.5, 0.6) is 0 Å². The molecule has 3 nitrogen and oxygen atoms in total. The first-order valence-electron chi connectivity index (χ1n) is 6.77. The fraction of sp³-hybridized carbons (Fsp3) is 1.00. The van der Waals surface area contributed by atoms with E-state index in [1.54, 1.807) is 0 Å². The van der Waals surface area contributed by atoms with Crippen molar-refractivity contribution in [2.24, 2.45) is 0 Å². The van der Waals surface area contributed by atoms with E-state index in [2.05, 4.69) is 11.5 Å². The molecule has 1 unspecified atom stereocenters. The Balaban J connectivity index is 2.31. The Bertz CT molecular complexity index is 168. The van der Waals surface area contributed by atoms with E-state index in [1.807, 2.05) is 13.8 Å². The van der Waals surface area contributed by atoms with Crippen molar-refractivity contribution >= 4 is 8.96 Å². The van der Waals surface area contributed by atoms with Crippen LogP contribution in [0.4, 0.5) is 0 Å². The molecule has 1 aliphatic rings. The van der Waals surface area contributed by atoms with Gasteiger partial charge < -0.3 is 14.5 Å². The van der Waals surface area contributed by atoms with Gasteiger partial charge in [0, 0.05) is 19.3 Å². The van der Waals surface area contributed by atoms with Crippen LogP contribution in [0, 0.1) is 0 Å². The maximum Gasteiger partial charge on any atom is 0.172 e. The van der Waals surface area contributed by atoms with Gasteiger partial charge in [-0.15, -0.1) is 0 Å². The Kier molecular flexibility index (Phi) is 7.28. The van der Waals surface area contributed by atoms with E-state index in [1.165, 1.54) is 32.1 Å². The molecule has 0 aromatic rings. The minimum atomic E-state index is -1.12. The highest BCUT2D eigenvalue weighted by atomic mass is 28.3. The summed E-state index contributed by atoms with van der Waals surface area (Å²) in [5.41, 5.74) is 0. The minimum Gasteiger partial charge on any atom is -0.355 e. The normalized spacial score (nSPS) is 20.2. The Morgan fingerprint density at radius 3 is 2.19 bits per heavy atom. The number of hydrogen-bond acceptors (Lipinski definition) is 3. The van der Waals surface area contributed by atoms with E-state index >= 15 is 0 Å². The molecule has 1 saturated carbocycles. The van der Waals surface area contributed by atoms with E-state index in [-0.39, 0.29) is 5.91 Å². The van der Waals surface area contributed by atoms with Crippen LogP contribution >= 0.6 is 0 Å². The monoisotopic (exact) mass is 245 g/mol.